The number of aromatic nitrogens is 3. The summed E-state index contributed by atoms with van der Waals surface area (Å²) in [6.45, 7) is 0. The quantitative estimate of drug-likeness (QED) is 0.320. The van der Waals surface area contributed by atoms with Crippen molar-refractivity contribution < 1.29 is 14.0 Å². The zero-order valence-electron chi connectivity index (χ0n) is 16.0. The first-order valence-electron chi connectivity index (χ1n) is 9.17. The second kappa shape index (κ2) is 9.55. The molecule has 1 N–H and O–H groups in total. The highest BCUT2D eigenvalue weighted by Crippen LogP contribution is 2.25. The maximum atomic E-state index is 12.9. The van der Waals surface area contributed by atoms with Gasteiger partial charge in [0.15, 0.2) is 5.78 Å². The molecule has 0 aliphatic heterocycles. The van der Waals surface area contributed by atoms with E-state index in [9.17, 15) is 9.59 Å². The van der Waals surface area contributed by atoms with Gasteiger partial charge in [-0.2, -0.15) is 0 Å². The fourth-order valence-corrected chi connectivity index (χ4v) is 3.47. The molecule has 2 heterocycles. The zero-order valence-corrected chi connectivity index (χ0v) is 17.6. The second-order valence-corrected chi connectivity index (χ2v) is 7.67. The van der Waals surface area contributed by atoms with Crippen LogP contribution in [0.5, 0.6) is 0 Å². The maximum Gasteiger partial charge on any atom is 0.277 e. The lowest BCUT2D eigenvalue weighted by atomic mass is 10.0. The molecule has 1 amide bonds. The van der Waals surface area contributed by atoms with Crippen molar-refractivity contribution in [3.63, 3.8) is 0 Å². The summed E-state index contributed by atoms with van der Waals surface area (Å²) in [5.74, 6) is -0.266. The van der Waals surface area contributed by atoms with Crippen LogP contribution in [0.1, 0.15) is 15.9 Å². The van der Waals surface area contributed by atoms with Crippen molar-refractivity contribution in [1.82, 2.24) is 15.2 Å². The Morgan fingerprint density at radius 1 is 1.00 bits per heavy atom. The topological polar surface area (TPSA) is 98.0 Å². The van der Waals surface area contributed by atoms with Gasteiger partial charge in [-0.1, -0.05) is 59.8 Å². The number of hydrogen-bond acceptors (Lipinski definition) is 7. The van der Waals surface area contributed by atoms with Gasteiger partial charge in [-0.05, 0) is 30.3 Å². The average Bonchev–Trinajstić information content (AvgIpc) is 3.29. The van der Waals surface area contributed by atoms with Crippen molar-refractivity contribution in [3.8, 4) is 11.6 Å². The molecule has 0 saturated carbocycles. The standard InChI is InChI=1S/C22H15ClN4O3S/c23-15-9-10-17(16(12-15)20(29)14-6-2-1-3-7-14)25-19(28)13-31-22-27-26-21(30-22)18-8-4-5-11-24-18/h1-12H,13H2,(H,25,28). The van der Waals surface area contributed by atoms with Crippen LogP contribution in [0.3, 0.4) is 0 Å². The van der Waals surface area contributed by atoms with Crippen molar-refractivity contribution in [2.24, 2.45) is 0 Å². The average molecular weight is 451 g/mol. The third kappa shape index (κ3) is 5.17. The molecule has 0 spiro atoms. The first-order chi connectivity index (χ1) is 15.1. The van der Waals surface area contributed by atoms with Gasteiger partial charge in [0.05, 0.1) is 11.4 Å². The van der Waals surface area contributed by atoms with Gasteiger partial charge in [0.1, 0.15) is 5.69 Å². The van der Waals surface area contributed by atoms with E-state index in [-0.39, 0.29) is 28.6 Å². The number of amides is 1. The van der Waals surface area contributed by atoms with E-state index >= 15 is 0 Å². The van der Waals surface area contributed by atoms with Gasteiger partial charge in [0.25, 0.3) is 11.1 Å². The van der Waals surface area contributed by atoms with Crippen molar-refractivity contribution >= 4 is 40.7 Å². The summed E-state index contributed by atoms with van der Waals surface area (Å²) in [5, 5.41) is 11.3. The van der Waals surface area contributed by atoms with E-state index in [1.165, 1.54) is 6.07 Å². The Kier molecular flexibility index (Phi) is 6.40. The molecule has 9 heteroatoms. The lowest BCUT2D eigenvalue weighted by Crippen LogP contribution is -2.17. The minimum Gasteiger partial charge on any atom is -0.410 e. The number of pyridine rings is 1. The van der Waals surface area contributed by atoms with Crippen LogP contribution in [0, 0.1) is 0 Å². The van der Waals surface area contributed by atoms with Crippen molar-refractivity contribution in [3.05, 3.63) is 89.1 Å². The molecule has 0 aliphatic carbocycles. The molecule has 4 aromatic rings. The van der Waals surface area contributed by atoms with Gasteiger partial charge < -0.3 is 9.73 Å². The monoisotopic (exact) mass is 450 g/mol. The van der Waals surface area contributed by atoms with E-state index in [0.717, 1.165) is 11.8 Å². The lowest BCUT2D eigenvalue weighted by molar-refractivity contribution is -0.113. The fraction of sp³-hybridized carbons (Fsp3) is 0.0455. The van der Waals surface area contributed by atoms with E-state index < -0.39 is 0 Å². The molecule has 0 fully saturated rings. The summed E-state index contributed by atoms with van der Waals surface area (Å²) in [6.07, 6.45) is 1.63. The number of anilines is 1. The minimum absolute atomic E-state index is 0.0193. The smallest absolute Gasteiger partial charge is 0.277 e. The second-order valence-electron chi connectivity index (χ2n) is 6.31. The number of carbonyl (C=O) groups is 2. The summed E-state index contributed by atoms with van der Waals surface area (Å²) >= 11 is 7.16. The van der Waals surface area contributed by atoms with E-state index in [1.807, 2.05) is 12.1 Å². The highest BCUT2D eigenvalue weighted by Gasteiger charge is 2.17. The SMILES string of the molecule is O=C(CSc1nnc(-c2ccccn2)o1)Nc1ccc(Cl)cc1C(=O)c1ccccc1. The number of nitrogens with one attached hydrogen (secondary N) is 1. The van der Waals surface area contributed by atoms with Crippen molar-refractivity contribution in [1.29, 1.82) is 0 Å². The highest BCUT2D eigenvalue weighted by atomic mass is 35.5. The number of halogens is 1. The Hall–Kier alpha value is -3.49. The zero-order chi connectivity index (χ0) is 21.6. The molecule has 0 unspecified atom stereocenters. The Morgan fingerprint density at radius 3 is 2.58 bits per heavy atom. The molecule has 31 heavy (non-hydrogen) atoms. The molecule has 0 atom stereocenters. The molecule has 0 radical (unpaired) electrons. The summed E-state index contributed by atoms with van der Waals surface area (Å²) in [6, 6.07) is 18.9. The van der Waals surface area contributed by atoms with E-state index in [4.69, 9.17) is 16.0 Å². The number of carbonyl (C=O) groups excluding carboxylic acids is 2. The van der Waals surface area contributed by atoms with Crippen molar-refractivity contribution in [2.45, 2.75) is 5.22 Å². The van der Waals surface area contributed by atoms with E-state index in [0.29, 0.717) is 27.5 Å². The molecular weight excluding hydrogens is 436 g/mol. The lowest BCUT2D eigenvalue weighted by Gasteiger charge is -2.11. The third-order valence-electron chi connectivity index (χ3n) is 4.15. The largest absolute Gasteiger partial charge is 0.410 e. The summed E-state index contributed by atoms with van der Waals surface area (Å²) in [7, 11) is 0. The number of rotatable bonds is 7. The van der Waals surface area contributed by atoms with Crippen LogP contribution in [-0.2, 0) is 4.79 Å². The van der Waals surface area contributed by atoms with Crippen molar-refractivity contribution in [2.75, 3.05) is 11.1 Å². The molecular formula is C22H15ClN4O3S. The van der Waals surface area contributed by atoms with Gasteiger partial charge >= 0.3 is 0 Å². The van der Waals surface area contributed by atoms with Crippen LogP contribution in [-0.4, -0.2) is 32.6 Å². The Bertz CT molecular complexity index is 1220. The van der Waals surface area contributed by atoms with Gasteiger partial charge in [0.2, 0.25) is 5.91 Å². The molecule has 7 nitrogen and oxygen atoms in total. The number of thioether (sulfide) groups is 1. The highest BCUT2D eigenvalue weighted by molar-refractivity contribution is 7.99. The fourth-order valence-electron chi connectivity index (χ4n) is 2.73. The number of nitrogens with zero attached hydrogens (tertiary/aromatic N) is 3. The normalized spacial score (nSPS) is 10.6. The van der Waals surface area contributed by atoms with Gasteiger partial charge in [-0.3, -0.25) is 14.6 Å². The summed E-state index contributed by atoms with van der Waals surface area (Å²) in [4.78, 5) is 29.5. The first kappa shape index (κ1) is 20.8. The minimum atomic E-state index is -0.327. The molecule has 0 aliphatic rings. The van der Waals surface area contributed by atoms with Crippen LogP contribution < -0.4 is 5.32 Å². The maximum absolute atomic E-state index is 12.9. The molecule has 154 valence electrons. The van der Waals surface area contributed by atoms with Crippen LogP contribution in [0.25, 0.3) is 11.6 Å². The van der Waals surface area contributed by atoms with Gasteiger partial charge in [-0.25, -0.2) is 0 Å². The first-order valence-corrected chi connectivity index (χ1v) is 10.5. The van der Waals surface area contributed by atoms with Crippen LogP contribution in [0.2, 0.25) is 5.02 Å². The third-order valence-corrected chi connectivity index (χ3v) is 5.21. The number of hydrogen-bond donors (Lipinski definition) is 1. The number of benzene rings is 2. The van der Waals surface area contributed by atoms with Gasteiger partial charge in [-0.15, -0.1) is 10.2 Å². The van der Waals surface area contributed by atoms with E-state index in [2.05, 4.69) is 20.5 Å². The van der Waals surface area contributed by atoms with Crippen LogP contribution in [0.15, 0.2) is 82.6 Å². The van der Waals surface area contributed by atoms with Crippen LogP contribution >= 0.6 is 23.4 Å². The summed E-state index contributed by atoms with van der Waals surface area (Å²) < 4.78 is 5.53. The van der Waals surface area contributed by atoms with Gasteiger partial charge in [0, 0.05) is 22.3 Å². The molecule has 2 aromatic heterocycles. The van der Waals surface area contributed by atoms with Crippen LogP contribution in [0.4, 0.5) is 5.69 Å². The molecule has 4 rings (SSSR count). The molecule has 0 saturated heterocycles. The predicted molar refractivity (Wildman–Crippen MR) is 118 cm³/mol. The Balaban J connectivity index is 1.43. The Labute approximate surface area is 186 Å². The molecule has 0 bridgehead atoms. The number of ketones is 1. The predicted octanol–water partition coefficient (Wildman–Crippen LogP) is 4.75. The summed E-state index contributed by atoms with van der Waals surface area (Å²) in [5.41, 5.74) is 1.75. The van der Waals surface area contributed by atoms with E-state index in [1.54, 1.807) is 54.7 Å². The molecule has 2 aromatic carbocycles. The Morgan fingerprint density at radius 2 is 1.81 bits per heavy atom.